The first kappa shape index (κ1) is 11.9. The molecule has 0 aliphatic carbocycles. The van der Waals surface area contributed by atoms with E-state index in [4.69, 9.17) is 15.2 Å². The first-order valence-corrected chi connectivity index (χ1v) is 6.09. The molecule has 90 valence electrons. The van der Waals surface area contributed by atoms with Gasteiger partial charge in [0.15, 0.2) is 0 Å². The summed E-state index contributed by atoms with van der Waals surface area (Å²) < 4.78 is 10.9. The molecule has 2 N–H and O–H groups in total. The minimum absolute atomic E-state index is 0.442. The Morgan fingerprint density at radius 3 is 2.94 bits per heavy atom. The second kappa shape index (κ2) is 5.65. The molecule has 4 nitrogen and oxygen atoms in total. The molecule has 2 rings (SSSR count). The van der Waals surface area contributed by atoms with Crippen molar-refractivity contribution in [2.75, 3.05) is 7.11 Å². The SMILES string of the molecule is COc1ccc(CN)c(OCc2nccs2)c1. The third-order valence-corrected chi connectivity index (χ3v) is 3.08. The molecule has 1 aromatic heterocycles. The molecule has 0 unspecified atom stereocenters. The number of nitrogens with zero attached hydrogens (tertiary/aromatic N) is 1. The Morgan fingerprint density at radius 1 is 1.41 bits per heavy atom. The molecule has 5 heteroatoms. The maximum absolute atomic E-state index is 5.70. The van der Waals surface area contributed by atoms with Crippen molar-refractivity contribution >= 4 is 11.3 Å². The van der Waals surface area contributed by atoms with Gasteiger partial charge < -0.3 is 15.2 Å². The van der Waals surface area contributed by atoms with Crippen LogP contribution < -0.4 is 15.2 Å². The van der Waals surface area contributed by atoms with Gasteiger partial charge in [-0.3, -0.25) is 0 Å². The number of rotatable bonds is 5. The molecule has 2 aromatic rings. The van der Waals surface area contributed by atoms with Crippen LogP contribution in [0.15, 0.2) is 29.8 Å². The Kier molecular flexibility index (Phi) is 3.95. The Morgan fingerprint density at radius 2 is 2.29 bits per heavy atom. The summed E-state index contributed by atoms with van der Waals surface area (Å²) >= 11 is 1.57. The summed E-state index contributed by atoms with van der Waals surface area (Å²) in [5.74, 6) is 1.51. The van der Waals surface area contributed by atoms with E-state index >= 15 is 0 Å². The van der Waals surface area contributed by atoms with Gasteiger partial charge in [-0.2, -0.15) is 0 Å². The molecule has 17 heavy (non-hydrogen) atoms. The van der Waals surface area contributed by atoms with E-state index in [-0.39, 0.29) is 0 Å². The Bertz CT molecular complexity index is 471. The third-order valence-electron chi connectivity index (χ3n) is 2.33. The van der Waals surface area contributed by atoms with E-state index < -0.39 is 0 Å². The number of hydrogen-bond acceptors (Lipinski definition) is 5. The molecule has 0 atom stereocenters. The summed E-state index contributed by atoms with van der Waals surface area (Å²) in [6.45, 7) is 0.898. The van der Waals surface area contributed by atoms with Crippen LogP contribution >= 0.6 is 11.3 Å². The zero-order valence-electron chi connectivity index (χ0n) is 9.55. The van der Waals surface area contributed by atoms with Crippen molar-refractivity contribution in [2.45, 2.75) is 13.2 Å². The highest BCUT2D eigenvalue weighted by Gasteiger charge is 2.05. The van der Waals surface area contributed by atoms with Gasteiger partial charge in [0.05, 0.1) is 7.11 Å². The number of thiazole rings is 1. The van der Waals surface area contributed by atoms with E-state index in [9.17, 15) is 0 Å². The van der Waals surface area contributed by atoms with Crippen molar-refractivity contribution in [3.8, 4) is 11.5 Å². The summed E-state index contributed by atoms with van der Waals surface area (Å²) in [6.07, 6.45) is 1.76. The summed E-state index contributed by atoms with van der Waals surface area (Å²) in [7, 11) is 1.63. The Hall–Kier alpha value is -1.59. The van der Waals surface area contributed by atoms with E-state index in [0.29, 0.717) is 13.2 Å². The fourth-order valence-corrected chi connectivity index (χ4v) is 1.96. The highest BCUT2D eigenvalue weighted by molar-refractivity contribution is 7.09. The van der Waals surface area contributed by atoms with E-state index in [0.717, 1.165) is 22.1 Å². The van der Waals surface area contributed by atoms with E-state index in [1.54, 1.807) is 24.6 Å². The molecule has 0 aliphatic rings. The molecule has 1 heterocycles. The maximum Gasteiger partial charge on any atom is 0.140 e. The van der Waals surface area contributed by atoms with Crippen molar-refractivity contribution in [3.05, 3.63) is 40.3 Å². The minimum Gasteiger partial charge on any atom is -0.497 e. The zero-order valence-corrected chi connectivity index (χ0v) is 10.4. The predicted molar refractivity (Wildman–Crippen MR) is 67.3 cm³/mol. The molecular weight excluding hydrogens is 236 g/mol. The monoisotopic (exact) mass is 250 g/mol. The lowest BCUT2D eigenvalue weighted by atomic mass is 10.2. The van der Waals surface area contributed by atoms with Crippen LogP contribution in [-0.2, 0) is 13.2 Å². The van der Waals surface area contributed by atoms with E-state index in [1.165, 1.54) is 0 Å². The van der Waals surface area contributed by atoms with Gasteiger partial charge in [0.2, 0.25) is 0 Å². The fourth-order valence-electron chi connectivity index (χ4n) is 1.43. The normalized spacial score (nSPS) is 10.2. The summed E-state index contributed by atoms with van der Waals surface area (Å²) in [6, 6.07) is 5.63. The van der Waals surface area contributed by atoms with Crippen LogP contribution in [0.5, 0.6) is 11.5 Å². The highest BCUT2D eigenvalue weighted by atomic mass is 32.1. The summed E-state index contributed by atoms with van der Waals surface area (Å²) in [5, 5.41) is 2.87. The number of hydrogen-bond donors (Lipinski definition) is 1. The number of benzene rings is 1. The molecule has 0 saturated carbocycles. The largest absolute Gasteiger partial charge is 0.497 e. The van der Waals surface area contributed by atoms with Gasteiger partial charge in [-0.05, 0) is 6.07 Å². The van der Waals surface area contributed by atoms with Crippen LogP contribution in [0.25, 0.3) is 0 Å². The first-order chi connectivity index (χ1) is 8.33. The zero-order chi connectivity index (χ0) is 12.1. The standard InChI is InChI=1S/C12H14N2O2S/c1-15-10-3-2-9(7-13)11(6-10)16-8-12-14-4-5-17-12/h2-6H,7-8,13H2,1H3. The lowest BCUT2D eigenvalue weighted by Gasteiger charge is -2.10. The first-order valence-electron chi connectivity index (χ1n) is 5.21. The van der Waals surface area contributed by atoms with Gasteiger partial charge in [-0.1, -0.05) is 6.07 Å². The lowest BCUT2D eigenvalue weighted by molar-refractivity contribution is 0.300. The van der Waals surface area contributed by atoms with Crippen LogP contribution in [0.2, 0.25) is 0 Å². The van der Waals surface area contributed by atoms with Gasteiger partial charge in [-0.25, -0.2) is 4.98 Å². The van der Waals surface area contributed by atoms with Crippen molar-refractivity contribution in [3.63, 3.8) is 0 Å². The molecule has 0 bridgehead atoms. The van der Waals surface area contributed by atoms with Crippen LogP contribution in [-0.4, -0.2) is 12.1 Å². The predicted octanol–water partition coefficient (Wildman–Crippen LogP) is 2.19. The number of aromatic nitrogens is 1. The second-order valence-corrected chi connectivity index (χ2v) is 4.37. The van der Waals surface area contributed by atoms with E-state index in [1.807, 2.05) is 23.6 Å². The van der Waals surface area contributed by atoms with Crippen molar-refractivity contribution in [2.24, 2.45) is 5.73 Å². The average molecular weight is 250 g/mol. The van der Waals surface area contributed by atoms with Crippen LogP contribution in [0.4, 0.5) is 0 Å². The highest BCUT2D eigenvalue weighted by Crippen LogP contribution is 2.25. The van der Waals surface area contributed by atoms with Gasteiger partial charge in [-0.15, -0.1) is 11.3 Å². The molecule has 0 saturated heterocycles. The smallest absolute Gasteiger partial charge is 0.140 e. The fraction of sp³-hybridized carbons (Fsp3) is 0.250. The maximum atomic E-state index is 5.70. The molecule has 0 amide bonds. The quantitative estimate of drug-likeness (QED) is 0.883. The van der Waals surface area contributed by atoms with Crippen molar-refractivity contribution in [1.29, 1.82) is 0 Å². The van der Waals surface area contributed by atoms with Crippen molar-refractivity contribution < 1.29 is 9.47 Å². The molecule has 0 radical (unpaired) electrons. The van der Waals surface area contributed by atoms with Crippen LogP contribution in [0.1, 0.15) is 10.6 Å². The summed E-state index contributed by atoms with van der Waals surface area (Å²) in [4.78, 5) is 4.16. The Balaban J connectivity index is 2.12. The number of ether oxygens (including phenoxy) is 2. The molecule has 1 aromatic carbocycles. The number of nitrogens with two attached hydrogens (primary N) is 1. The van der Waals surface area contributed by atoms with Gasteiger partial charge in [0.1, 0.15) is 23.1 Å². The van der Waals surface area contributed by atoms with Crippen LogP contribution in [0, 0.1) is 0 Å². The van der Waals surface area contributed by atoms with E-state index in [2.05, 4.69) is 4.98 Å². The van der Waals surface area contributed by atoms with Crippen molar-refractivity contribution in [1.82, 2.24) is 4.98 Å². The Labute approximate surface area is 104 Å². The lowest BCUT2D eigenvalue weighted by Crippen LogP contribution is -2.03. The summed E-state index contributed by atoms with van der Waals surface area (Å²) in [5.41, 5.74) is 6.62. The van der Waals surface area contributed by atoms with Gasteiger partial charge in [0, 0.05) is 29.8 Å². The van der Waals surface area contributed by atoms with Gasteiger partial charge in [0.25, 0.3) is 0 Å². The third kappa shape index (κ3) is 2.95. The second-order valence-electron chi connectivity index (χ2n) is 3.39. The molecular formula is C12H14N2O2S. The minimum atomic E-state index is 0.442. The van der Waals surface area contributed by atoms with Gasteiger partial charge >= 0.3 is 0 Å². The molecule has 0 fully saturated rings. The number of methoxy groups -OCH3 is 1. The topological polar surface area (TPSA) is 57.4 Å². The average Bonchev–Trinajstić information content (AvgIpc) is 2.89. The molecule has 0 aliphatic heterocycles. The van der Waals surface area contributed by atoms with Crippen LogP contribution in [0.3, 0.4) is 0 Å². The molecule has 0 spiro atoms.